The third-order valence-electron chi connectivity index (χ3n) is 4.89. The first kappa shape index (κ1) is 19.5. The van der Waals surface area contributed by atoms with Crippen LogP contribution < -0.4 is 0 Å². The van der Waals surface area contributed by atoms with Gasteiger partial charge in [-0.2, -0.15) is 0 Å². The third kappa shape index (κ3) is 4.70. The second kappa shape index (κ2) is 8.15. The molecule has 1 saturated heterocycles. The van der Waals surface area contributed by atoms with Gasteiger partial charge in [0.2, 0.25) is 0 Å². The average molecular weight is 374 g/mol. The smallest absolute Gasteiger partial charge is 0.256 e. The fourth-order valence-corrected chi connectivity index (χ4v) is 3.62. The molecule has 0 aliphatic carbocycles. The molecule has 27 heavy (non-hydrogen) atoms. The van der Waals surface area contributed by atoms with E-state index in [4.69, 9.17) is 0 Å². The Morgan fingerprint density at radius 2 is 1.85 bits per heavy atom. The van der Waals surface area contributed by atoms with E-state index in [1.54, 1.807) is 0 Å². The van der Waals surface area contributed by atoms with Gasteiger partial charge in [0.25, 0.3) is 5.91 Å². The van der Waals surface area contributed by atoms with Gasteiger partial charge < -0.3 is 10.0 Å². The minimum atomic E-state index is -1.47. The summed E-state index contributed by atoms with van der Waals surface area (Å²) >= 11 is 0. The second-order valence-corrected chi connectivity index (χ2v) is 7.27. The molecular weight excluding hydrogens is 350 g/mol. The predicted octanol–water partition coefficient (Wildman–Crippen LogP) is 2.95. The molecule has 1 unspecified atom stereocenters. The summed E-state index contributed by atoms with van der Waals surface area (Å²) in [5.41, 5.74) is 0.134. The van der Waals surface area contributed by atoms with Crippen molar-refractivity contribution < 1.29 is 18.7 Å². The van der Waals surface area contributed by atoms with Crippen molar-refractivity contribution in [2.45, 2.75) is 31.5 Å². The molecule has 144 valence electrons. The highest BCUT2D eigenvalue weighted by molar-refractivity contribution is 5.86. The Bertz CT molecular complexity index is 800. The summed E-state index contributed by atoms with van der Waals surface area (Å²) in [4.78, 5) is 16.3. The topological polar surface area (TPSA) is 43.8 Å². The molecule has 1 N–H and O–H groups in total. The molecule has 1 aliphatic rings. The quantitative estimate of drug-likeness (QED) is 0.846. The zero-order chi connectivity index (χ0) is 19.4. The first-order valence-corrected chi connectivity index (χ1v) is 9.05. The fourth-order valence-electron chi connectivity index (χ4n) is 3.62. The number of hydrogen-bond donors (Lipinski definition) is 1. The van der Waals surface area contributed by atoms with Crippen LogP contribution in [-0.4, -0.2) is 46.6 Å². The minimum absolute atomic E-state index is 0.154. The van der Waals surface area contributed by atoms with Gasteiger partial charge in [0, 0.05) is 26.2 Å². The Morgan fingerprint density at radius 1 is 1.11 bits per heavy atom. The maximum absolute atomic E-state index is 13.4. The average Bonchev–Trinajstić information content (AvgIpc) is 2.63. The fraction of sp³-hybridized carbons (Fsp3) is 0.381. The molecule has 0 bridgehead atoms. The van der Waals surface area contributed by atoms with Crippen LogP contribution in [0, 0.1) is 11.6 Å². The maximum Gasteiger partial charge on any atom is 0.256 e. The van der Waals surface area contributed by atoms with Gasteiger partial charge in [-0.15, -0.1) is 0 Å². The lowest BCUT2D eigenvalue weighted by atomic mass is 9.90. The number of rotatable bonds is 6. The van der Waals surface area contributed by atoms with Crippen molar-refractivity contribution in [1.29, 1.82) is 0 Å². The summed E-state index contributed by atoms with van der Waals surface area (Å²) in [6.45, 7) is 1.48. The number of benzene rings is 2. The summed E-state index contributed by atoms with van der Waals surface area (Å²) in [5, 5.41) is 11.0. The number of amides is 1. The Hall–Kier alpha value is -2.31. The predicted molar refractivity (Wildman–Crippen MR) is 98.7 cm³/mol. The molecule has 3 rings (SSSR count). The molecule has 1 fully saturated rings. The first-order valence-electron chi connectivity index (χ1n) is 9.05. The summed E-state index contributed by atoms with van der Waals surface area (Å²) < 4.78 is 26.5. The molecule has 1 atom stereocenters. The zero-order valence-electron chi connectivity index (χ0n) is 15.4. The highest BCUT2D eigenvalue weighted by atomic mass is 19.2. The normalized spacial score (nSPS) is 20.3. The van der Waals surface area contributed by atoms with Crippen LogP contribution in [0.25, 0.3) is 0 Å². The summed E-state index contributed by atoms with van der Waals surface area (Å²) in [6, 6.07) is 13.5. The summed E-state index contributed by atoms with van der Waals surface area (Å²) in [7, 11) is 1.87. The van der Waals surface area contributed by atoms with Gasteiger partial charge in [0.05, 0.1) is 0 Å². The van der Waals surface area contributed by atoms with Crippen LogP contribution in [0.5, 0.6) is 0 Å². The first-order chi connectivity index (χ1) is 12.9. The minimum Gasteiger partial charge on any atom is -0.379 e. The number of carbonyl (C=O) groups excluding carboxylic acids is 1. The third-order valence-corrected chi connectivity index (χ3v) is 4.89. The molecular formula is C21H24F2N2O2. The van der Waals surface area contributed by atoms with Gasteiger partial charge in [0.1, 0.15) is 0 Å². The van der Waals surface area contributed by atoms with Gasteiger partial charge in [-0.25, -0.2) is 8.78 Å². The van der Waals surface area contributed by atoms with Gasteiger partial charge in [-0.1, -0.05) is 36.4 Å². The van der Waals surface area contributed by atoms with Crippen molar-refractivity contribution in [1.82, 2.24) is 9.80 Å². The number of likely N-dealkylation sites (tertiary alicyclic amines) is 1. The molecule has 4 nitrogen and oxygen atoms in total. The molecule has 0 saturated carbocycles. The van der Waals surface area contributed by atoms with Crippen molar-refractivity contribution in [3.63, 3.8) is 0 Å². The molecule has 2 aromatic rings. The number of piperidine rings is 1. The van der Waals surface area contributed by atoms with Gasteiger partial charge in [-0.05, 0) is 43.1 Å². The van der Waals surface area contributed by atoms with E-state index in [1.807, 2.05) is 42.3 Å². The van der Waals surface area contributed by atoms with E-state index in [2.05, 4.69) is 0 Å². The van der Waals surface area contributed by atoms with E-state index in [0.29, 0.717) is 31.5 Å². The van der Waals surface area contributed by atoms with E-state index in [-0.39, 0.29) is 19.0 Å². The standard InChI is InChI=1S/C21H24F2N2O2/c1-24(13-16-6-3-2-4-7-16)15-21(27)10-5-11-25(20(21)26)14-17-8-9-18(22)19(23)12-17/h2-4,6-9,12,27H,5,10-11,13-15H2,1H3. The van der Waals surface area contributed by atoms with Gasteiger partial charge in [0.15, 0.2) is 17.2 Å². The molecule has 6 heteroatoms. The number of likely N-dealkylation sites (N-methyl/N-ethyl adjacent to an activating group) is 1. The van der Waals surface area contributed by atoms with E-state index in [1.165, 1.54) is 11.0 Å². The lowest BCUT2D eigenvalue weighted by Gasteiger charge is -2.40. The Morgan fingerprint density at radius 3 is 2.56 bits per heavy atom. The largest absolute Gasteiger partial charge is 0.379 e. The van der Waals surface area contributed by atoms with Crippen molar-refractivity contribution >= 4 is 5.91 Å². The summed E-state index contributed by atoms with van der Waals surface area (Å²) in [5.74, 6) is -2.21. The number of carbonyl (C=O) groups is 1. The van der Waals surface area contributed by atoms with Crippen LogP contribution >= 0.6 is 0 Å². The zero-order valence-corrected chi connectivity index (χ0v) is 15.4. The van der Waals surface area contributed by atoms with Crippen LogP contribution in [0.15, 0.2) is 48.5 Å². The van der Waals surface area contributed by atoms with Gasteiger partial charge in [-0.3, -0.25) is 9.69 Å². The van der Waals surface area contributed by atoms with Crippen molar-refractivity contribution in [2.75, 3.05) is 20.1 Å². The SMILES string of the molecule is CN(Cc1ccccc1)CC1(O)CCCN(Cc2ccc(F)c(F)c2)C1=O. The number of nitrogens with zero attached hydrogens (tertiary/aromatic N) is 2. The molecule has 1 aliphatic heterocycles. The molecule has 1 amide bonds. The van der Waals surface area contributed by atoms with Crippen molar-refractivity contribution in [3.8, 4) is 0 Å². The molecule has 0 spiro atoms. The lowest BCUT2D eigenvalue weighted by Crippen LogP contribution is -2.57. The van der Waals surface area contributed by atoms with Crippen LogP contribution in [0.1, 0.15) is 24.0 Å². The molecule has 1 heterocycles. The van der Waals surface area contributed by atoms with Crippen LogP contribution in [0.4, 0.5) is 8.78 Å². The van der Waals surface area contributed by atoms with Crippen LogP contribution in [-0.2, 0) is 17.9 Å². The molecule has 2 aromatic carbocycles. The maximum atomic E-state index is 13.4. The Labute approximate surface area is 158 Å². The number of hydrogen-bond acceptors (Lipinski definition) is 3. The van der Waals surface area contributed by atoms with Crippen LogP contribution in [0.3, 0.4) is 0 Å². The Kier molecular flexibility index (Phi) is 5.87. The van der Waals surface area contributed by atoms with E-state index in [9.17, 15) is 18.7 Å². The van der Waals surface area contributed by atoms with Crippen molar-refractivity contribution in [3.05, 3.63) is 71.3 Å². The van der Waals surface area contributed by atoms with E-state index in [0.717, 1.165) is 17.7 Å². The second-order valence-electron chi connectivity index (χ2n) is 7.27. The van der Waals surface area contributed by atoms with Gasteiger partial charge >= 0.3 is 0 Å². The van der Waals surface area contributed by atoms with Crippen molar-refractivity contribution in [2.24, 2.45) is 0 Å². The lowest BCUT2D eigenvalue weighted by molar-refractivity contribution is -0.160. The van der Waals surface area contributed by atoms with E-state index < -0.39 is 17.2 Å². The number of aliphatic hydroxyl groups is 1. The molecule has 0 radical (unpaired) electrons. The molecule has 0 aromatic heterocycles. The highest BCUT2D eigenvalue weighted by Crippen LogP contribution is 2.26. The van der Waals surface area contributed by atoms with E-state index >= 15 is 0 Å². The Balaban J connectivity index is 1.66. The van der Waals surface area contributed by atoms with Crippen LogP contribution in [0.2, 0.25) is 0 Å². The highest BCUT2D eigenvalue weighted by Gasteiger charge is 2.42. The monoisotopic (exact) mass is 374 g/mol. The number of halogens is 2. The summed E-state index contributed by atoms with van der Waals surface area (Å²) in [6.07, 6.45) is 1.05.